The van der Waals surface area contributed by atoms with Gasteiger partial charge in [-0.05, 0) is 62.5 Å². The normalized spacial score (nSPS) is 13.0. The molecule has 4 aromatic rings. The van der Waals surface area contributed by atoms with Crippen LogP contribution in [0.1, 0.15) is 5.56 Å². The molecule has 0 fully saturated rings. The Kier molecular flexibility index (Phi) is 9.45. The van der Waals surface area contributed by atoms with Gasteiger partial charge in [0.2, 0.25) is 5.95 Å². The SMILES string of the molecule is CN(C)CCNc1nc(Nc2ccc(OP(=O)(CP=O)OO)cc2)c2ncn(CCc3cccc(O)c3)c2n1. The number of likely N-dealkylation sites (N-methyl/N-ethyl adjacent to an activating group) is 1. The van der Waals surface area contributed by atoms with Crippen molar-refractivity contribution in [1.29, 1.82) is 0 Å². The van der Waals surface area contributed by atoms with E-state index >= 15 is 0 Å². The highest BCUT2D eigenvalue weighted by Gasteiger charge is 2.27. The molecule has 2 aromatic heterocycles. The molecular formula is C24H29N7O6P2. The summed E-state index contributed by atoms with van der Waals surface area (Å²) in [4.78, 5) is 15.9. The molecule has 0 bridgehead atoms. The van der Waals surface area contributed by atoms with Crippen LogP contribution in [0.5, 0.6) is 11.5 Å². The van der Waals surface area contributed by atoms with Gasteiger partial charge >= 0.3 is 7.60 Å². The van der Waals surface area contributed by atoms with Crippen molar-refractivity contribution in [3.8, 4) is 11.5 Å². The molecule has 2 aromatic carbocycles. The van der Waals surface area contributed by atoms with E-state index in [0.717, 1.165) is 12.1 Å². The summed E-state index contributed by atoms with van der Waals surface area (Å²) in [6.07, 6.45) is 2.38. The fraction of sp³-hybridized carbons (Fsp3) is 0.292. The summed E-state index contributed by atoms with van der Waals surface area (Å²) in [5.74, 6) is 0.810. The number of imidazole rings is 1. The van der Waals surface area contributed by atoms with Crippen molar-refractivity contribution in [1.82, 2.24) is 24.4 Å². The van der Waals surface area contributed by atoms with E-state index < -0.39 is 22.0 Å². The van der Waals surface area contributed by atoms with Gasteiger partial charge in [0, 0.05) is 25.3 Å². The van der Waals surface area contributed by atoms with Crippen LogP contribution < -0.4 is 15.2 Å². The Balaban J connectivity index is 1.58. The number of phenolic OH excluding ortho intramolecular Hbond substituents is 1. The number of aryl methyl sites for hydroxylation is 2. The summed E-state index contributed by atoms with van der Waals surface area (Å²) in [6, 6.07) is 13.5. The Bertz CT molecular complexity index is 1470. The zero-order valence-electron chi connectivity index (χ0n) is 21.4. The van der Waals surface area contributed by atoms with Gasteiger partial charge in [-0.25, -0.2) is 14.8 Å². The summed E-state index contributed by atoms with van der Waals surface area (Å²) in [6.45, 7) is 2.02. The van der Waals surface area contributed by atoms with Gasteiger partial charge in [-0.15, -0.1) is 4.67 Å². The van der Waals surface area contributed by atoms with Crippen LogP contribution in [-0.4, -0.2) is 67.9 Å². The van der Waals surface area contributed by atoms with E-state index in [-0.39, 0.29) is 11.5 Å². The number of rotatable bonds is 14. The number of anilines is 3. The maximum Gasteiger partial charge on any atom is 0.417 e. The van der Waals surface area contributed by atoms with Crippen LogP contribution in [0.2, 0.25) is 0 Å². The van der Waals surface area contributed by atoms with Crippen LogP contribution in [0.15, 0.2) is 54.9 Å². The Morgan fingerprint density at radius 2 is 1.95 bits per heavy atom. The molecular weight excluding hydrogens is 544 g/mol. The number of hydrogen-bond donors (Lipinski definition) is 4. The van der Waals surface area contributed by atoms with E-state index in [1.54, 1.807) is 30.6 Å². The zero-order chi connectivity index (χ0) is 27.8. The minimum Gasteiger partial charge on any atom is -0.508 e. The van der Waals surface area contributed by atoms with Gasteiger partial charge in [0.15, 0.2) is 25.4 Å². The number of phenols is 1. The van der Waals surface area contributed by atoms with Gasteiger partial charge in [0.1, 0.15) is 17.4 Å². The van der Waals surface area contributed by atoms with E-state index in [9.17, 15) is 14.2 Å². The smallest absolute Gasteiger partial charge is 0.417 e. The van der Waals surface area contributed by atoms with Crippen LogP contribution in [0.3, 0.4) is 0 Å². The zero-order valence-corrected chi connectivity index (χ0v) is 23.2. The highest BCUT2D eigenvalue weighted by Crippen LogP contribution is 2.49. The fourth-order valence-corrected chi connectivity index (χ4v) is 5.14. The second-order valence-electron chi connectivity index (χ2n) is 8.86. The van der Waals surface area contributed by atoms with Gasteiger partial charge in [-0.2, -0.15) is 9.97 Å². The van der Waals surface area contributed by atoms with Gasteiger partial charge in [0.05, 0.1) is 6.33 Å². The summed E-state index contributed by atoms with van der Waals surface area (Å²) in [5, 5.41) is 25.1. The molecule has 15 heteroatoms. The molecule has 4 rings (SSSR count). The van der Waals surface area contributed by atoms with Crippen molar-refractivity contribution < 1.29 is 28.7 Å². The molecule has 206 valence electrons. The van der Waals surface area contributed by atoms with Crippen LogP contribution in [0.25, 0.3) is 11.2 Å². The van der Waals surface area contributed by atoms with E-state index in [4.69, 9.17) is 14.8 Å². The lowest BCUT2D eigenvalue weighted by molar-refractivity contribution is -0.143. The van der Waals surface area contributed by atoms with E-state index in [1.165, 1.54) is 12.1 Å². The van der Waals surface area contributed by atoms with E-state index in [1.807, 2.05) is 35.7 Å². The van der Waals surface area contributed by atoms with Gasteiger partial charge < -0.3 is 29.7 Å². The third kappa shape index (κ3) is 7.72. The average molecular weight is 573 g/mol. The highest BCUT2D eigenvalue weighted by molar-refractivity contribution is 7.62. The second kappa shape index (κ2) is 13.0. The molecule has 1 atom stereocenters. The number of aromatic nitrogens is 4. The maximum atomic E-state index is 12.2. The largest absolute Gasteiger partial charge is 0.508 e. The lowest BCUT2D eigenvalue weighted by Gasteiger charge is -2.14. The fourth-order valence-electron chi connectivity index (χ4n) is 3.67. The van der Waals surface area contributed by atoms with Crippen molar-refractivity contribution in [3.63, 3.8) is 0 Å². The average Bonchev–Trinajstić information content (AvgIpc) is 3.32. The molecule has 4 N–H and O–H groups in total. The molecule has 0 aliphatic heterocycles. The first-order valence-electron chi connectivity index (χ1n) is 12.0. The predicted octanol–water partition coefficient (Wildman–Crippen LogP) is 4.80. The van der Waals surface area contributed by atoms with Crippen LogP contribution in [0, 0.1) is 0 Å². The van der Waals surface area contributed by atoms with Crippen molar-refractivity contribution in [2.75, 3.05) is 43.7 Å². The number of hydrogen-bond acceptors (Lipinski definition) is 12. The van der Waals surface area contributed by atoms with E-state index in [2.05, 4.69) is 25.3 Å². The molecule has 13 nitrogen and oxygen atoms in total. The van der Waals surface area contributed by atoms with E-state index in [0.29, 0.717) is 48.1 Å². The molecule has 2 heterocycles. The molecule has 1 unspecified atom stereocenters. The van der Waals surface area contributed by atoms with Gasteiger partial charge in [0.25, 0.3) is 0 Å². The molecule has 39 heavy (non-hydrogen) atoms. The van der Waals surface area contributed by atoms with Crippen molar-refractivity contribution in [2.45, 2.75) is 13.0 Å². The molecule has 0 amide bonds. The first-order valence-corrected chi connectivity index (χ1v) is 14.7. The Morgan fingerprint density at radius 3 is 2.64 bits per heavy atom. The summed E-state index contributed by atoms with van der Waals surface area (Å²) in [5.41, 5.74) is 2.83. The van der Waals surface area contributed by atoms with Gasteiger partial charge in [-0.1, -0.05) is 12.1 Å². The monoisotopic (exact) mass is 573 g/mol. The third-order valence-corrected chi connectivity index (χ3v) is 8.16. The Labute approximate surface area is 226 Å². The highest BCUT2D eigenvalue weighted by atomic mass is 31.2. The maximum absolute atomic E-state index is 12.2. The van der Waals surface area contributed by atoms with Crippen molar-refractivity contribution >= 4 is 44.7 Å². The lowest BCUT2D eigenvalue weighted by Crippen LogP contribution is -2.21. The predicted molar refractivity (Wildman–Crippen MR) is 148 cm³/mol. The Hall–Kier alpha value is -3.60. The summed E-state index contributed by atoms with van der Waals surface area (Å²) < 4.78 is 34.1. The van der Waals surface area contributed by atoms with Crippen LogP contribution in [-0.2, 0) is 26.8 Å². The minimum atomic E-state index is -3.94. The molecule has 0 saturated heterocycles. The molecule has 0 radical (unpaired) electrons. The number of nitrogens with one attached hydrogen (secondary N) is 2. The third-order valence-electron chi connectivity index (χ3n) is 5.57. The van der Waals surface area contributed by atoms with Crippen LogP contribution >= 0.6 is 16.1 Å². The first kappa shape index (κ1) is 28.4. The van der Waals surface area contributed by atoms with Crippen LogP contribution in [0.4, 0.5) is 17.5 Å². The molecule has 0 saturated carbocycles. The quantitative estimate of drug-likeness (QED) is 0.0927. The van der Waals surface area contributed by atoms with Crippen molar-refractivity contribution in [3.05, 3.63) is 60.4 Å². The molecule has 0 aliphatic carbocycles. The molecule has 0 aliphatic rings. The summed E-state index contributed by atoms with van der Waals surface area (Å²) >= 11 is 0. The summed E-state index contributed by atoms with van der Waals surface area (Å²) in [7, 11) is -0.457. The number of aromatic hydroxyl groups is 1. The standard InChI is InChI=1S/C24H29N7O6P2/c1-30(2)13-11-25-24-28-22(27-18-6-8-20(9-7-18)36-39(35,37-33)16-38-34)21-23(29-24)31(15-26-21)12-10-17-4-3-5-19(32)14-17/h3-9,14-15,32-33H,10-13,16H2,1-2H3,(H2,25,27,28,29). The topological polar surface area (TPSA) is 164 Å². The number of nitrogens with zero attached hydrogens (tertiary/aromatic N) is 5. The minimum absolute atomic E-state index is 0.164. The first-order chi connectivity index (χ1) is 18.8. The Morgan fingerprint density at radius 1 is 1.15 bits per heavy atom. The lowest BCUT2D eigenvalue weighted by atomic mass is 10.1. The van der Waals surface area contributed by atoms with Gasteiger partial charge in [-0.3, -0.25) is 4.57 Å². The van der Waals surface area contributed by atoms with Crippen molar-refractivity contribution in [2.24, 2.45) is 0 Å². The second-order valence-corrected chi connectivity index (χ2v) is 11.8. The number of fused-ring (bicyclic) bond motifs is 1. The number of benzene rings is 2. The molecule has 0 spiro atoms.